The number of hydrogen-bond donors (Lipinski definition) is 1. The number of aliphatic carboxylic acids is 1. The number of rotatable bonds is 8. The number of hydrogen-bond acceptors (Lipinski definition) is 4. The molecule has 6 heteroatoms. The number of benzene rings is 2. The van der Waals surface area contributed by atoms with Crippen LogP contribution in [-0.2, 0) is 11.3 Å². The highest BCUT2D eigenvalue weighted by molar-refractivity contribution is 7.99. The second-order valence-electron chi connectivity index (χ2n) is 5.69. The lowest BCUT2D eigenvalue weighted by molar-refractivity contribution is -0.136. The zero-order chi connectivity index (χ0) is 17.6. The fourth-order valence-corrected chi connectivity index (χ4v) is 3.47. The molecule has 0 aliphatic carbocycles. The summed E-state index contributed by atoms with van der Waals surface area (Å²) in [4.78, 5) is 15.4. The summed E-state index contributed by atoms with van der Waals surface area (Å²) in [6.07, 6.45) is 0.119. The first-order valence-electron chi connectivity index (χ1n) is 8.13. The van der Waals surface area contributed by atoms with E-state index in [4.69, 9.17) is 9.84 Å². The van der Waals surface area contributed by atoms with Gasteiger partial charge in [-0.2, -0.15) is 0 Å². The average molecular weight is 356 g/mol. The van der Waals surface area contributed by atoms with E-state index in [9.17, 15) is 4.79 Å². The molecule has 130 valence electrons. The molecule has 0 saturated heterocycles. The molecular weight excluding hydrogens is 336 g/mol. The van der Waals surface area contributed by atoms with Gasteiger partial charge in [0.25, 0.3) is 0 Å². The maximum atomic E-state index is 10.7. The minimum Gasteiger partial charge on any atom is -0.492 e. The lowest BCUT2D eigenvalue weighted by Crippen LogP contribution is -2.09. The first-order valence-corrected chi connectivity index (χ1v) is 9.11. The van der Waals surface area contributed by atoms with Crippen LogP contribution in [0, 0.1) is 6.92 Å². The van der Waals surface area contributed by atoms with Crippen LogP contribution in [0.4, 0.5) is 0 Å². The van der Waals surface area contributed by atoms with Gasteiger partial charge in [-0.15, -0.1) is 0 Å². The molecule has 0 radical (unpaired) electrons. The molecule has 0 saturated carbocycles. The molecule has 0 unspecified atom stereocenters. The highest BCUT2D eigenvalue weighted by Crippen LogP contribution is 2.24. The lowest BCUT2D eigenvalue weighted by atomic mass is 10.2. The Balaban J connectivity index is 1.71. The second-order valence-corrected chi connectivity index (χ2v) is 6.75. The van der Waals surface area contributed by atoms with E-state index in [-0.39, 0.29) is 6.42 Å². The molecule has 0 spiro atoms. The molecule has 0 aliphatic heterocycles. The van der Waals surface area contributed by atoms with Crippen LogP contribution in [0.25, 0.3) is 11.0 Å². The van der Waals surface area contributed by atoms with E-state index in [2.05, 4.69) is 9.55 Å². The van der Waals surface area contributed by atoms with E-state index in [1.54, 1.807) is 0 Å². The molecule has 3 rings (SSSR count). The first-order chi connectivity index (χ1) is 12.1. The van der Waals surface area contributed by atoms with Crippen molar-refractivity contribution in [1.29, 1.82) is 0 Å². The zero-order valence-corrected chi connectivity index (χ0v) is 14.8. The van der Waals surface area contributed by atoms with E-state index in [0.29, 0.717) is 18.9 Å². The van der Waals surface area contributed by atoms with Crippen molar-refractivity contribution in [2.45, 2.75) is 25.0 Å². The minimum absolute atomic E-state index is 0.119. The zero-order valence-electron chi connectivity index (χ0n) is 14.0. The number of thioether (sulfide) groups is 1. The molecule has 0 fully saturated rings. The van der Waals surface area contributed by atoms with Crippen molar-refractivity contribution in [1.82, 2.24) is 9.55 Å². The van der Waals surface area contributed by atoms with Gasteiger partial charge in [0.2, 0.25) is 0 Å². The number of ether oxygens (including phenoxy) is 1. The summed E-state index contributed by atoms with van der Waals surface area (Å²) in [6.45, 7) is 3.22. The Morgan fingerprint density at radius 2 is 1.96 bits per heavy atom. The predicted octanol–water partition coefficient (Wildman–Crippen LogP) is 3.99. The van der Waals surface area contributed by atoms with Crippen molar-refractivity contribution in [2.75, 3.05) is 12.4 Å². The number of nitrogens with zero attached hydrogens (tertiary/aromatic N) is 2. The van der Waals surface area contributed by atoms with Gasteiger partial charge in [0.15, 0.2) is 5.16 Å². The van der Waals surface area contributed by atoms with Gasteiger partial charge in [0, 0.05) is 5.75 Å². The molecule has 0 atom stereocenters. The fraction of sp³-hybridized carbons (Fsp3) is 0.263. The van der Waals surface area contributed by atoms with Gasteiger partial charge in [-0.1, -0.05) is 41.6 Å². The van der Waals surface area contributed by atoms with Crippen LogP contribution in [-0.4, -0.2) is 33.0 Å². The molecule has 0 bridgehead atoms. The van der Waals surface area contributed by atoms with Crippen molar-refractivity contribution in [3.63, 3.8) is 0 Å². The highest BCUT2D eigenvalue weighted by Gasteiger charge is 2.11. The molecule has 0 amide bonds. The summed E-state index contributed by atoms with van der Waals surface area (Å²) < 4.78 is 7.92. The third-order valence-corrected chi connectivity index (χ3v) is 4.75. The predicted molar refractivity (Wildman–Crippen MR) is 99.4 cm³/mol. The van der Waals surface area contributed by atoms with E-state index >= 15 is 0 Å². The summed E-state index contributed by atoms with van der Waals surface area (Å²) in [5.74, 6) is 0.547. The molecule has 5 nitrogen and oxygen atoms in total. The SMILES string of the molecule is Cc1ccc(OCCn2c(SCCC(=O)O)nc3ccccc32)cc1. The van der Waals surface area contributed by atoms with Gasteiger partial charge in [-0.3, -0.25) is 4.79 Å². The van der Waals surface area contributed by atoms with Gasteiger partial charge in [0.1, 0.15) is 12.4 Å². The number of carboxylic acids is 1. The Labute approximate surface area is 150 Å². The Morgan fingerprint density at radius 3 is 2.72 bits per heavy atom. The Hall–Kier alpha value is -2.47. The number of aromatic nitrogens is 2. The number of carbonyl (C=O) groups is 1. The molecule has 1 aromatic heterocycles. The van der Waals surface area contributed by atoms with Crippen molar-refractivity contribution in [2.24, 2.45) is 0 Å². The number of fused-ring (bicyclic) bond motifs is 1. The van der Waals surface area contributed by atoms with Crippen LogP contribution in [0.5, 0.6) is 5.75 Å². The standard InChI is InChI=1S/C19H20N2O3S/c1-14-6-8-15(9-7-14)24-12-11-21-17-5-3-2-4-16(17)20-19(21)25-13-10-18(22)23/h2-9H,10-13H2,1H3,(H,22,23). The van der Waals surface area contributed by atoms with Crippen LogP contribution in [0.1, 0.15) is 12.0 Å². The Morgan fingerprint density at radius 1 is 1.20 bits per heavy atom. The summed E-state index contributed by atoms with van der Waals surface area (Å²) >= 11 is 1.46. The van der Waals surface area contributed by atoms with Crippen molar-refractivity contribution in [3.8, 4) is 5.75 Å². The van der Waals surface area contributed by atoms with Crippen molar-refractivity contribution >= 4 is 28.8 Å². The van der Waals surface area contributed by atoms with Crippen molar-refractivity contribution < 1.29 is 14.6 Å². The maximum Gasteiger partial charge on any atom is 0.304 e. The van der Waals surface area contributed by atoms with Crippen LogP contribution < -0.4 is 4.74 Å². The van der Waals surface area contributed by atoms with Crippen molar-refractivity contribution in [3.05, 3.63) is 54.1 Å². The highest BCUT2D eigenvalue weighted by atomic mass is 32.2. The first kappa shape index (κ1) is 17.4. The maximum absolute atomic E-state index is 10.7. The van der Waals surface area contributed by atoms with E-state index in [0.717, 1.165) is 21.9 Å². The average Bonchev–Trinajstić information content (AvgIpc) is 2.94. The van der Waals surface area contributed by atoms with Gasteiger partial charge in [-0.05, 0) is 31.2 Å². The van der Waals surface area contributed by atoms with E-state index in [1.165, 1.54) is 17.3 Å². The Bertz CT molecular complexity index is 859. The summed E-state index contributed by atoms with van der Waals surface area (Å²) in [5, 5.41) is 9.66. The smallest absolute Gasteiger partial charge is 0.304 e. The molecule has 1 heterocycles. The molecular formula is C19H20N2O3S. The third-order valence-electron chi connectivity index (χ3n) is 3.77. The number of carboxylic acid groups (broad SMARTS) is 1. The van der Waals surface area contributed by atoms with Gasteiger partial charge >= 0.3 is 5.97 Å². The fourth-order valence-electron chi connectivity index (χ4n) is 2.50. The summed E-state index contributed by atoms with van der Waals surface area (Å²) in [7, 11) is 0. The topological polar surface area (TPSA) is 64.3 Å². The molecule has 0 aliphatic rings. The van der Waals surface area contributed by atoms with Crippen LogP contribution >= 0.6 is 11.8 Å². The third kappa shape index (κ3) is 4.54. The monoisotopic (exact) mass is 356 g/mol. The minimum atomic E-state index is -0.794. The van der Waals surface area contributed by atoms with Crippen LogP contribution in [0.2, 0.25) is 0 Å². The Kier molecular flexibility index (Phi) is 5.60. The van der Waals surface area contributed by atoms with Crippen LogP contribution in [0.15, 0.2) is 53.7 Å². The number of para-hydroxylation sites is 2. The lowest BCUT2D eigenvalue weighted by Gasteiger charge is -2.10. The molecule has 3 aromatic rings. The molecule has 2 aromatic carbocycles. The molecule has 25 heavy (non-hydrogen) atoms. The van der Waals surface area contributed by atoms with E-state index < -0.39 is 5.97 Å². The summed E-state index contributed by atoms with van der Waals surface area (Å²) in [6, 6.07) is 15.9. The number of imidazole rings is 1. The molecule has 1 N–H and O–H groups in total. The summed E-state index contributed by atoms with van der Waals surface area (Å²) in [5.41, 5.74) is 3.15. The second kappa shape index (κ2) is 8.07. The van der Waals surface area contributed by atoms with E-state index in [1.807, 2.05) is 55.5 Å². The van der Waals surface area contributed by atoms with Crippen LogP contribution in [0.3, 0.4) is 0 Å². The normalized spacial score (nSPS) is 10.9. The van der Waals surface area contributed by atoms with Gasteiger partial charge in [0.05, 0.1) is 24.0 Å². The quantitative estimate of drug-likeness (QED) is 0.618. The number of aryl methyl sites for hydroxylation is 1. The van der Waals surface area contributed by atoms with Gasteiger partial charge in [-0.25, -0.2) is 4.98 Å². The largest absolute Gasteiger partial charge is 0.492 e. The van der Waals surface area contributed by atoms with Gasteiger partial charge < -0.3 is 14.4 Å².